The Morgan fingerprint density at radius 1 is 1.21 bits per heavy atom. The Kier molecular flexibility index (Phi) is 2.46. The van der Waals surface area contributed by atoms with Crippen molar-refractivity contribution in [3.05, 3.63) is 30.1 Å². The lowest BCUT2D eigenvalue weighted by molar-refractivity contribution is 0.406. The van der Waals surface area contributed by atoms with Crippen LogP contribution in [0.1, 0.15) is 50.4 Å². The van der Waals surface area contributed by atoms with Crippen LogP contribution in [0.25, 0.3) is 11.0 Å². The van der Waals surface area contributed by atoms with Crippen LogP contribution in [0.5, 0.6) is 0 Å². The van der Waals surface area contributed by atoms with E-state index in [1.807, 2.05) is 0 Å². The Morgan fingerprint density at radius 2 is 1.95 bits per heavy atom. The molecule has 0 saturated heterocycles. The summed E-state index contributed by atoms with van der Waals surface area (Å²) in [6.45, 7) is 0.739. The molecule has 0 amide bonds. The molecule has 3 nitrogen and oxygen atoms in total. The molecule has 2 saturated carbocycles. The van der Waals surface area contributed by atoms with Crippen molar-refractivity contribution in [2.24, 2.45) is 5.73 Å². The van der Waals surface area contributed by atoms with Gasteiger partial charge in [-0.25, -0.2) is 4.98 Å². The lowest BCUT2D eigenvalue weighted by Crippen LogP contribution is -2.35. The van der Waals surface area contributed by atoms with Gasteiger partial charge >= 0.3 is 0 Å². The Labute approximate surface area is 113 Å². The zero-order valence-electron chi connectivity index (χ0n) is 11.3. The number of hydrogen-bond donors (Lipinski definition) is 1. The van der Waals surface area contributed by atoms with E-state index in [1.165, 1.54) is 49.9 Å². The largest absolute Gasteiger partial charge is 0.329 e. The van der Waals surface area contributed by atoms with Crippen molar-refractivity contribution in [1.29, 1.82) is 0 Å². The maximum Gasteiger partial charge on any atom is 0.117 e. The molecule has 0 atom stereocenters. The molecule has 0 aliphatic heterocycles. The van der Waals surface area contributed by atoms with Gasteiger partial charge in [0, 0.05) is 18.0 Å². The SMILES string of the molecule is NCC1(c2nc3ccccc3n2C2CC2)CCCC1. The fraction of sp³-hybridized carbons (Fsp3) is 0.562. The first-order valence-electron chi connectivity index (χ1n) is 7.52. The average Bonchev–Trinajstić information content (AvgIpc) is 3.05. The Hall–Kier alpha value is -1.35. The number of imidazole rings is 1. The van der Waals surface area contributed by atoms with E-state index in [9.17, 15) is 0 Å². The molecular formula is C16H21N3. The molecule has 0 radical (unpaired) electrons. The lowest BCUT2D eigenvalue weighted by atomic mass is 9.85. The van der Waals surface area contributed by atoms with Crippen molar-refractivity contribution in [2.75, 3.05) is 6.54 Å². The molecule has 0 spiro atoms. The van der Waals surface area contributed by atoms with Gasteiger partial charge in [-0.05, 0) is 37.8 Å². The smallest absolute Gasteiger partial charge is 0.117 e. The third-order valence-corrected chi connectivity index (χ3v) is 4.93. The summed E-state index contributed by atoms with van der Waals surface area (Å²) in [6.07, 6.45) is 7.61. The molecule has 4 rings (SSSR count). The minimum Gasteiger partial charge on any atom is -0.329 e. The van der Waals surface area contributed by atoms with E-state index in [2.05, 4.69) is 28.8 Å². The summed E-state index contributed by atoms with van der Waals surface area (Å²) in [5, 5.41) is 0. The highest BCUT2D eigenvalue weighted by atomic mass is 15.1. The number of hydrogen-bond acceptors (Lipinski definition) is 2. The molecule has 2 aliphatic carbocycles. The van der Waals surface area contributed by atoms with Gasteiger partial charge in [0.1, 0.15) is 5.82 Å². The summed E-state index contributed by atoms with van der Waals surface area (Å²) >= 11 is 0. The molecule has 0 unspecified atom stereocenters. The number of nitrogens with zero attached hydrogens (tertiary/aromatic N) is 2. The first kappa shape index (κ1) is 11.5. The van der Waals surface area contributed by atoms with Crippen LogP contribution in [-0.2, 0) is 5.41 Å². The molecule has 2 aromatic rings. The van der Waals surface area contributed by atoms with Crippen LogP contribution in [0.2, 0.25) is 0 Å². The van der Waals surface area contributed by atoms with E-state index in [-0.39, 0.29) is 5.41 Å². The highest BCUT2D eigenvalue weighted by Crippen LogP contribution is 2.46. The van der Waals surface area contributed by atoms with Crippen LogP contribution in [0.4, 0.5) is 0 Å². The topological polar surface area (TPSA) is 43.8 Å². The summed E-state index contributed by atoms with van der Waals surface area (Å²) in [7, 11) is 0. The second-order valence-electron chi connectivity index (χ2n) is 6.22. The van der Waals surface area contributed by atoms with Crippen molar-refractivity contribution in [2.45, 2.75) is 50.0 Å². The van der Waals surface area contributed by atoms with Gasteiger partial charge in [-0.15, -0.1) is 0 Å². The number of para-hydroxylation sites is 2. The van der Waals surface area contributed by atoms with E-state index in [1.54, 1.807) is 0 Å². The van der Waals surface area contributed by atoms with Crippen molar-refractivity contribution >= 4 is 11.0 Å². The molecule has 0 bridgehead atoms. The zero-order chi connectivity index (χ0) is 12.9. The van der Waals surface area contributed by atoms with E-state index in [4.69, 9.17) is 10.7 Å². The first-order chi connectivity index (χ1) is 9.34. The van der Waals surface area contributed by atoms with Crippen molar-refractivity contribution < 1.29 is 0 Å². The van der Waals surface area contributed by atoms with Gasteiger partial charge in [-0.2, -0.15) is 0 Å². The number of benzene rings is 1. The fourth-order valence-corrected chi connectivity index (χ4v) is 3.69. The first-order valence-corrected chi connectivity index (χ1v) is 7.52. The summed E-state index contributed by atoms with van der Waals surface area (Å²) in [6, 6.07) is 9.22. The molecule has 1 aromatic carbocycles. The molecule has 1 heterocycles. The second-order valence-corrected chi connectivity index (χ2v) is 6.22. The highest BCUT2D eigenvalue weighted by Gasteiger charge is 2.41. The number of aromatic nitrogens is 2. The Morgan fingerprint density at radius 3 is 2.63 bits per heavy atom. The van der Waals surface area contributed by atoms with Gasteiger partial charge in [0.25, 0.3) is 0 Å². The van der Waals surface area contributed by atoms with E-state index in [0.717, 1.165) is 12.1 Å². The van der Waals surface area contributed by atoms with Gasteiger partial charge < -0.3 is 10.3 Å². The molecule has 100 valence electrons. The lowest BCUT2D eigenvalue weighted by Gasteiger charge is -2.27. The molecule has 2 N–H and O–H groups in total. The molecule has 2 fully saturated rings. The minimum atomic E-state index is 0.140. The third-order valence-electron chi connectivity index (χ3n) is 4.93. The molecule has 2 aliphatic rings. The van der Waals surface area contributed by atoms with Gasteiger partial charge in [0.2, 0.25) is 0 Å². The van der Waals surface area contributed by atoms with E-state index >= 15 is 0 Å². The number of rotatable bonds is 3. The summed E-state index contributed by atoms with van der Waals surface area (Å²) in [5.41, 5.74) is 8.75. The van der Waals surface area contributed by atoms with E-state index in [0.29, 0.717) is 6.04 Å². The number of nitrogens with two attached hydrogens (primary N) is 1. The summed E-state index contributed by atoms with van der Waals surface area (Å²) in [5.74, 6) is 1.27. The van der Waals surface area contributed by atoms with Gasteiger partial charge in [-0.3, -0.25) is 0 Å². The van der Waals surface area contributed by atoms with Crippen LogP contribution < -0.4 is 5.73 Å². The van der Waals surface area contributed by atoms with Crippen LogP contribution in [-0.4, -0.2) is 16.1 Å². The second kappa shape index (κ2) is 4.07. The molecule has 3 heteroatoms. The molecule has 19 heavy (non-hydrogen) atoms. The highest BCUT2D eigenvalue weighted by molar-refractivity contribution is 5.76. The van der Waals surface area contributed by atoms with Crippen LogP contribution >= 0.6 is 0 Å². The zero-order valence-corrected chi connectivity index (χ0v) is 11.3. The van der Waals surface area contributed by atoms with E-state index < -0.39 is 0 Å². The van der Waals surface area contributed by atoms with Crippen molar-refractivity contribution in [3.63, 3.8) is 0 Å². The van der Waals surface area contributed by atoms with Gasteiger partial charge in [-0.1, -0.05) is 25.0 Å². The van der Waals surface area contributed by atoms with Crippen LogP contribution in [0.15, 0.2) is 24.3 Å². The number of fused-ring (bicyclic) bond motifs is 1. The Bertz CT molecular complexity index is 603. The predicted octanol–water partition coefficient (Wildman–Crippen LogP) is 3.14. The monoisotopic (exact) mass is 255 g/mol. The fourth-order valence-electron chi connectivity index (χ4n) is 3.69. The average molecular weight is 255 g/mol. The normalized spacial score (nSPS) is 22.2. The maximum atomic E-state index is 6.16. The van der Waals surface area contributed by atoms with Gasteiger partial charge in [0.15, 0.2) is 0 Å². The van der Waals surface area contributed by atoms with Crippen LogP contribution in [0.3, 0.4) is 0 Å². The maximum absolute atomic E-state index is 6.16. The molecule has 1 aromatic heterocycles. The summed E-state index contributed by atoms with van der Waals surface area (Å²) < 4.78 is 2.51. The predicted molar refractivity (Wildman–Crippen MR) is 77.2 cm³/mol. The standard InChI is InChI=1S/C16H21N3/c17-11-16(9-3-4-10-16)15-18-13-5-1-2-6-14(13)19(15)12-7-8-12/h1-2,5-6,12H,3-4,7-11,17H2. The van der Waals surface area contributed by atoms with Crippen molar-refractivity contribution in [3.8, 4) is 0 Å². The van der Waals surface area contributed by atoms with Crippen molar-refractivity contribution in [1.82, 2.24) is 9.55 Å². The van der Waals surface area contributed by atoms with Gasteiger partial charge in [0.05, 0.1) is 11.0 Å². The minimum absolute atomic E-state index is 0.140. The summed E-state index contributed by atoms with van der Waals surface area (Å²) in [4.78, 5) is 4.98. The van der Waals surface area contributed by atoms with Crippen LogP contribution in [0, 0.1) is 0 Å². The quantitative estimate of drug-likeness (QED) is 0.915. The molecular weight excluding hydrogens is 234 g/mol. The third kappa shape index (κ3) is 1.64. The Balaban J connectivity index is 1.95.